The molecule has 1 amide bonds. The van der Waals surface area contributed by atoms with Crippen LogP contribution < -0.4 is 10.1 Å². The van der Waals surface area contributed by atoms with Gasteiger partial charge in [-0.3, -0.25) is 14.4 Å². The van der Waals surface area contributed by atoms with Crippen LogP contribution in [-0.4, -0.2) is 30.5 Å². The number of benzene rings is 1. The van der Waals surface area contributed by atoms with Crippen molar-refractivity contribution in [3.8, 4) is 5.75 Å². The fourth-order valence-electron chi connectivity index (χ4n) is 3.64. The second-order valence-electron chi connectivity index (χ2n) is 6.65. The van der Waals surface area contributed by atoms with Gasteiger partial charge in [0.05, 0.1) is 12.5 Å². The minimum absolute atomic E-state index is 0.0765. The quantitative estimate of drug-likeness (QED) is 0.457. The van der Waals surface area contributed by atoms with Crippen molar-refractivity contribution in [1.82, 2.24) is 5.32 Å². The van der Waals surface area contributed by atoms with E-state index in [2.05, 4.69) is 21.2 Å². The van der Waals surface area contributed by atoms with E-state index in [9.17, 15) is 14.4 Å². The highest BCUT2D eigenvalue weighted by Gasteiger charge is 2.47. The molecule has 7 heteroatoms. The van der Waals surface area contributed by atoms with Gasteiger partial charge in [0.25, 0.3) is 0 Å². The number of hydrogen-bond acceptors (Lipinski definition) is 5. The molecule has 1 heterocycles. The molecule has 0 spiro atoms. The predicted octanol–water partition coefficient (Wildman–Crippen LogP) is 3.08. The number of halogens is 1. The van der Waals surface area contributed by atoms with Crippen LogP contribution in [0, 0.1) is 5.92 Å². The van der Waals surface area contributed by atoms with Crippen molar-refractivity contribution in [2.45, 2.75) is 51.0 Å². The maximum atomic E-state index is 13.1. The zero-order valence-corrected chi connectivity index (χ0v) is 16.2. The van der Waals surface area contributed by atoms with Crippen LogP contribution >= 0.6 is 15.9 Å². The van der Waals surface area contributed by atoms with Crippen molar-refractivity contribution in [2.24, 2.45) is 5.92 Å². The average Bonchev–Trinajstić information content (AvgIpc) is 2.62. The number of hydrogen-bond donors (Lipinski definition) is 1. The lowest BCUT2D eigenvalue weighted by Gasteiger charge is -2.32. The molecule has 2 aliphatic rings. The molecule has 0 radical (unpaired) electrons. The second-order valence-corrected chi connectivity index (χ2v) is 7.57. The lowest BCUT2D eigenvalue weighted by atomic mass is 9.82. The molecule has 2 atom stereocenters. The third-order valence-corrected chi connectivity index (χ3v) is 5.37. The van der Waals surface area contributed by atoms with Gasteiger partial charge in [-0.1, -0.05) is 35.2 Å². The Kier molecular flexibility index (Phi) is 5.96. The van der Waals surface area contributed by atoms with Gasteiger partial charge >= 0.3 is 11.9 Å². The maximum absolute atomic E-state index is 13.1. The van der Waals surface area contributed by atoms with Gasteiger partial charge in [0.2, 0.25) is 5.91 Å². The first-order valence-corrected chi connectivity index (χ1v) is 9.78. The molecule has 1 aromatic rings. The van der Waals surface area contributed by atoms with E-state index in [4.69, 9.17) is 9.47 Å². The van der Waals surface area contributed by atoms with Crippen LogP contribution in [0.15, 0.2) is 22.7 Å². The van der Waals surface area contributed by atoms with Crippen LogP contribution in [0.25, 0.3) is 0 Å². The van der Waals surface area contributed by atoms with Crippen LogP contribution in [0.3, 0.4) is 0 Å². The molecular weight excluding hydrogens is 402 g/mol. The highest BCUT2D eigenvalue weighted by atomic mass is 79.9. The molecule has 1 fully saturated rings. The molecule has 6 nitrogen and oxygen atoms in total. The standard InChI is InChI=1S/C19H22BrNO5/c1-2-25-18(23)16-15(17(22)21-12-6-4-3-5-7-12)13-10-11(20)8-9-14(13)26-19(16)24/h8-10,12,15-16H,2-7H2,1H3,(H,21,22). The molecule has 3 rings (SSSR count). The first-order valence-electron chi connectivity index (χ1n) is 8.99. The Morgan fingerprint density at radius 1 is 1.23 bits per heavy atom. The molecule has 0 bridgehead atoms. The van der Waals surface area contributed by atoms with E-state index < -0.39 is 23.8 Å². The SMILES string of the molecule is CCOC(=O)C1C(=O)Oc2ccc(Br)cc2C1C(=O)NC1CCCCC1. The molecule has 140 valence electrons. The van der Waals surface area contributed by atoms with Crippen molar-refractivity contribution >= 4 is 33.8 Å². The van der Waals surface area contributed by atoms with E-state index in [0.717, 1.165) is 30.2 Å². The number of ether oxygens (including phenoxy) is 2. The van der Waals surface area contributed by atoms with E-state index in [1.54, 1.807) is 25.1 Å². The van der Waals surface area contributed by atoms with E-state index in [0.29, 0.717) is 11.3 Å². The average molecular weight is 424 g/mol. The van der Waals surface area contributed by atoms with Crippen molar-refractivity contribution < 1.29 is 23.9 Å². The van der Waals surface area contributed by atoms with E-state index in [1.165, 1.54) is 6.42 Å². The molecule has 1 saturated carbocycles. The van der Waals surface area contributed by atoms with E-state index >= 15 is 0 Å². The summed E-state index contributed by atoms with van der Waals surface area (Å²) in [5.41, 5.74) is 0.519. The number of carbonyl (C=O) groups excluding carboxylic acids is 3. The molecular formula is C19H22BrNO5. The van der Waals surface area contributed by atoms with E-state index in [-0.39, 0.29) is 18.6 Å². The normalized spacial score (nSPS) is 22.9. The lowest BCUT2D eigenvalue weighted by Crippen LogP contribution is -2.47. The lowest BCUT2D eigenvalue weighted by molar-refractivity contribution is -0.161. The molecule has 2 unspecified atom stereocenters. The summed E-state index contributed by atoms with van der Waals surface area (Å²) >= 11 is 3.38. The summed E-state index contributed by atoms with van der Waals surface area (Å²) in [4.78, 5) is 37.9. The van der Waals surface area contributed by atoms with Gasteiger partial charge in [0.1, 0.15) is 5.75 Å². The Balaban J connectivity index is 1.94. The van der Waals surface area contributed by atoms with Crippen molar-refractivity contribution in [2.75, 3.05) is 6.61 Å². The number of carbonyl (C=O) groups is 3. The molecule has 0 aromatic heterocycles. The summed E-state index contributed by atoms with van der Waals surface area (Å²) < 4.78 is 11.1. The Bertz CT molecular complexity index is 714. The van der Waals surface area contributed by atoms with Gasteiger partial charge in [0, 0.05) is 16.1 Å². The number of amides is 1. The number of esters is 2. The van der Waals surface area contributed by atoms with Gasteiger partial charge in [-0.25, -0.2) is 0 Å². The number of nitrogens with one attached hydrogen (secondary N) is 1. The summed E-state index contributed by atoms with van der Waals surface area (Å²) in [6.45, 7) is 1.79. The van der Waals surface area contributed by atoms with Gasteiger partial charge < -0.3 is 14.8 Å². The van der Waals surface area contributed by atoms with Crippen LogP contribution in [0.2, 0.25) is 0 Å². The van der Waals surface area contributed by atoms with Crippen molar-refractivity contribution in [1.29, 1.82) is 0 Å². The fourth-order valence-corrected chi connectivity index (χ4v) is 4.02. The third-order valence-electron chi connectivity index (χ3n) is 4.88. The zero-order chi connectivity index (χ0) is 18.7. The number of rotatable bonds is 4. The summed E-state index contributed by atoms with van der Waals surface area (Å²) in [6.07, 6.45) is 5.14. The van der Waals surface area contributed by atoms with E-state index in [1.807, 2.05) is 0 Å². The first kappa shape index (κ1) is 18.9. The maximum Gasteiger partial charge on any atom is 0.326 e. The Morgan fingerprint density at radius 2 is 1.96 bits per heavy atom. The Labute approximate surface area is 160 Å². The topological polar surface area (TPSA) is 81.7 Å². The van der Waals surface area contributed by atoms with Crippen LogP contribution in [0.1, 0.15) is 50.5 Å². The van der Waals surface area contributed by atoms with Crippen LogP contribution in [0.5, 0.6) is 5.75 Å². The Morgan fingerprint density at radius 3 is 2.65 bits per heavy atom. The van der Waals surface area contributed by atoms with Gasteiger partial charge in [-0.05, 0) is 38.0 Å². The van der Waals surface area contributed by atoms with Gasteiger partial charge in [-0.15, -0.1) is 0 Å². The summed E-state index contributed by atoms with van der Waals surface area (Å²) in [5.74, 6) is -3.74. The third kappa shape index (κ3) is 3.92. The summed E-state index contributed by atoms with van der Waals surface area (Å²) in [5, 5.41) is 3.03. The van der Waals surface area contributed by atoms with Crippen LogP contribution in [0.4, 0.5) is 0 Å². The molecule has 26 heavy (non-hydrogen) atoms. The molecule has 1 aromatic carbocycles. The minimum Gasteiger partial charge on any atom is -0.465 e. The second kappa shape index (κ2) is 8.20. The molecule has 1 aliphatic carbocycles. The van der Waals surface area contributed by atoms with Crippen molar-refractivity contribution in [3.05, 3.63) is 28.2 Å². The predicted molar refractivity (Wildman–Crippen MR) is 97.7 cm³/mol. The molecule has 0 saturated heterocycles. The smallest absolute Gasteiger partial charge is 0.326 e. The molecule has 1 N–H and O–H groups in total. The Hall–Kier alpha value is -1.89. The zero-order valence-electron chi connectivity index (χ0n) is 14.6. The fraction of sp³-hybridized carbons (Fsp3) is 0.526. The highest BCUT2D eigenvalue weighted by Crippen LogP contribution is 2.40. The highest BCUT2D eigenvalue weighted by molar-refractivity contribution is 9.10. The first-order chi connectivity index (χ1) is 12.5. The van der Waals surface area contributed by atoms with Crippen LogP contribution in [-0.2, 0) is 19.1 Å². The van der Waals surface area contributed by atoms with Crippen molar-refractivity contribution in [3.63, 3.8) is 0 Å². The summed E-state index contributed by atoms with van der Waals surface area (Å²) in [7, 11) is 0. The van der Waals surface area contributed by atoms with Gasteiger partial charge in [-0.2, -0.15) is 0 Å². The molecule has 1 aliphatic heterocycles. The van der Waals surface area contributed by atoms with Gasteiger partial charge in [0.15, 0.2) is 5.92 Å². The minimum atomic E-state index is -1.29. The monoisotopic (exact) mass is 423 g/mol. The summed E-state index contributed by atoms with van der Waals surface area (Å²) in [6, 6.07) is 5.15. The number of fused-ring (bicyclic) bond motifs is 1. The largest absolute Gasteiger partial charge is 0.465 e.